The quantitative estimate of drug-likeness (QED) is 0.709. The maximum absolute atomic E-state index is 10.6. The SMILES string of the molecule is CC(=O)C1(N)CCC1.CC(C)=O.Cl. The molecule has 0 bridgehead atoms. The van der Waals surface area contributed by atoms with Gasteiger partial charge in [0.15, 0.2) is 0 Å². The summed E-state index contributed by atoms with van der Waals surface area (Å²) in [6.45, 7) is 4.62. The maximum atomic E-state index is 10.6. The summed E-state index contributed by atoms with van der Waals surface area (Å²) < 4.78 is 0. The zero-order valence-corrected chi connectivity index (χ0v) is 9.24. The summed E-state index contributed by atoms with van der Waals surface area (Å²) in [5.74, 6) is 0.309. The molecule has 0 aromatic rings. The summed E-state index contributed by atoms with van der Waals surface area (Å²) in [5, 5.41) is 0. The highest BCUT2D eigenvalue weighted by molar-refractivity contribution is 5.86. The Kier molecular flexibility index (Phi) is 7.08. The van der Waals surface area contributed by atoms with Crippen molar-refractivity contribution in [2.45, 2.75) is 45.6 Å². The zero-order chi connectivity index (χ0) is 9.78. The Labute approximate surface area is 85.5 Å². The normalized spacial score (nSPS) is 16.9. The summed E-state index contributed by atoms with van der Waals surface area (Å²) in [5.41, 5.74) is 5.18. The molecule has 0 aromatic heterocycles. The largest absolute Gasteiger partial charge is 0.319 e. The molecule has 0 atom stereocenters. The lowest BCUT2D eigenvalue weighted by Gasteiger charge is -2.35. The second kappa shape index (κ2) is 6.11. The molecular formula is C9H18ClNO2. The smallest absolute Gasteiger partial charge is 0.149 e. The maximum Gasteiger partial charge on any atom is 0.149 e. The molecule has 2 N–H and O–H groups in total. The molecule has 0 radical (unpaired) electrons. The Bertz CT molecular complexity index is 184. The standard InChI is InChI=1S/C6H11NO.C3H6O.ClH/c1-5(8)6(7)3-2-4-6;1-3(2)4;/h2-4,7H2,1H3;1-2H3;1H. The van der Waals surface area contributed by atoms with Gasteiger partial charge in [-0.25, -0.2) is 0 Å². The molecule has 1 rings (SSSR count). The van der Waals surface area contributed by atoms with E-state index >= 15 is 0 Å². The lowest BCUT2D eigenvalue weighted by Crippen LogP contribution is -2.52. The molecule has 0 spiro atoms. The lowest BCUT2D eigenvalue weighted by molar-refractivity contribution is -0.124. The number of hydrogen-bond donors (Lipinski definition) is 1. The van der Waals surface area contributed by atoms with Gasteiger partial charge in [0.25, 0.3) is 0 Å². The number of rotatable bonds is 1. The van der Waals surface area contributed by atoms with Crippen molar-refractivity contribution in [3.05, 3.63) is 0 Å². The van der Waals surface area contributed by atoms with Gasteiger partial charge in [-0.15, -0.1) is 12.4 Å². The molecule has 3 nitrogen and oxygen atoms in total. The average molecular weight is 208 g/mol. The molecule has 4 heteroatoms. The van der Waals surface area contributed by atoms with E-state index in [9.17, 15) is 9.59 Å². The second-order valence-electron chi connectivity index (χ2n) is 3.47. The highest BCUT2D eigenvalue weighted by atomic mass is 35.5. The van der Waals surface area contributed by atoms with Crippen molar-refractivity contribution < 1.29 is 9.59 Å². The summed E-state index contributed by atoms with van der Waals surface area (Å²) in [7, 11) is 0. The first-order valence-electron chi connectivity index (χ1n) is 4.15. The minimum atomic E-state index is -0.417. The number of hydrogen-bond acceptors (Lipinski definition) is 3. The monoisotopic (exact) mass is 207 g/mol. The molecule has 0 aliphatic heterocycles. The van der Waals surface area contributed by atoms with Crippen molar-refractivity contribution in [1.29, 1.82) is 0 Å². The first-order chi connectivity index (χ1) is 5.38. The van der Waals surface area contributed by atoms with Gasteiger partial charge in [-0.1, -0.05) is 0 Å². The van der Waals surface area contributed by atoms with E-state index in [0.29, 0.717) is 0 Å². The van der Waals surface area contributed by atoms with Crippen LogP contribution in [0.15, 0.2) is 0 Å². The number of carbonyl (C=O) groups excluding carboxylic acids is 2. The van der Waals surface area contributed by atoms with E-state index in [-0.39, 0.29) is 24.0 Å². The third-order valence-corrected chi connectivity index (χ3v) is 1.95. The Morgan fingerprint density at radius 1 is 1.15 bits per heavy atom. The van der Waals surface area contributed by atoms with E-state index in [0.717, 1.165) is 19.3 Å². The number of Topliss-reactive ketones (excluding diaryl/α,β-unsaturated/α-hetero) is 2. The molecule has 13 heavy (non-hydrogen) atoms. The van der Waals surface area contributed by atoms with E-state index in [1.165, 1.54) is 13.8 Å². The van der Waals surface area contributed by atoms with Gasteiger partial charge in [-0.2, -0.15) is 0 Å². The number of nitrogens with two attached hydrogens (primary N) is 1. The van der Waals surface area contributed by atoms with Crippen LogP contribution >= 0.6 is 12.4 Å². The minimum Gasteiger partial charge on any atom is -0.319 e. The third-order valence-electron chi connectivity index (χ3n) is 1.95. The lowest BCUT2D eigenvalue weighted by atomic mass is 9.75. The summed E-state index contributed by atoms with van der Waals surface area (Å²) in [4.78, 5) is 20.1. The van der Waals surface area contributed by atoms with Crippen LogP contribution in [0, 0.1) is 0 Å². The van der Waals surface area contributed by atoms with Gasteiger partial charge in [-0.05, 0) is 40.0 Å². The van der Waals surface area contributed by atoms with Crippen molar-refractivity contribution in [2.75, 3.05) is 0 Å². The molecule has 0 aromatic carbocycles. The fraction of sp³-hybridized carbons (Fsp3) is 0.778. The van der Waals surface area contributed by atoms with Gasteiger partial charge >= 0.3 is 0 Å². The Hall–Kier alpha value is -0.410. The van der Waals surface area contributed by atoms with Gasteiger partial charge in [-0.3, -0.25) is 4.79 Å². The molecule has 0 heterocycles. The van der Waals surface area contributed by atoms with Crippen LogP contribution in [-0.4, -0.2) is 17.1 Å². The van der Waals surface area contributed by atoms with Crippen LogP contribution in [0.25, 0.3) is 0 Å². The van der Waals surface area contributed by atoms with Gasteiger partial charge in [0.05, 0.1) is 5.54 Å². The Morgan fingerprint density at radius 2 is 1.46 bits per heavy atom. The molecule has 1 fully saturated rings. The highest BCUT2D eigenvalue weighted by Gasteiger charge is 2.36. The molecule has 0 amide bonds. The number of halogens is 1. The fourth-order valence-electron chi connectivity index (χ4n) is 0.910. The minimum absolute atomic E-state index is 0. The van der Waals surface area contributed by atoms with Gasteiger partial charge in [0, 0.05) is 0 Å². The van der Waals surface area contributed by atoms with E-state index < -0.39 is 5.54 Å². The molecule has 0 saturated heterocycles. The van der Waals surface area contributed by atoms with Crippen LogP contribution in [0.2, 0.25) is 0 Å². The Morgan fingerprint density at radius 3 is 1.46 bits per heavy atom. The fourth-order valence-corrected chi connectivity index (χ4v) is 0.910. The molecule has 78 valence electrons. The van der Waals surface area contributed by atoms with Gasteiger partial charge in [0.1, 0.15) is 11.6 Å². The van der Waals surface area contributed by atoms with E-state index in [1.54, 1.807) is 6.92 Å². The van der Waals surface area contributed by atoms with E-state index in [4.69, 9.17) is 5.73 Å². The average Bonchev–Trinajstić information content (AvgIpc) is 1.81. The molecule has 1 saturated carbocycles. The predicted molar refractivity (Wildman–Crippen MR) is 55.1 cm³/mol. The van der Waals surface area contributed by atoms with Crippen LogP contribution in [0.3, 0.4) is 0 Å². The van der Waals surface area contributed by atoms with Crippen LogP contribution in [-0.2, 0) is 9.59 Å². The van der Waals surface area contributed by atoms with E-state index in [1.807, 2.05) is 0 Å². The molecule has 0 unspecified atom stereocenters. The van der Waals surface area contributed by atoms with Crippen molar-refractivity contribution in [2.24, 2.45) is 5.73 Å². The first-order valence-corrected chi connectivity index (χ1v) is 4.15. The second-order valence-corrected chi connectivity index (χ2v) is 3.47. The molecular weight excluding hydrogens is 190 g/mol. The summed E-state index contributed by atoms with van der Waals surface area (Å²) in [6, 6.07) is 0. The molecule has 1 aliphatic rings. The number of carbonyl (C=O) groups is 2. The summed E-state index contributed by atoms with van der Waals surface area (Å²) in [6.07, 6.45) is 2.90. The van der Waals surface area contributed by atoms with Crippen molar-refractivity contribution in [1.82, 2.24) is 0 Å². The van der Waals surface area contributed by atoms with Crippen molar-refractivity contribution in [3.63, 3.8) is 0 Å². The number of ketones is 2. The van der Waals surface area contributed by atoms with Crippen LogP contribution < -0.4 is 5.73 Å². The predicted octanol–water partition coefficient (Wildman–Crippen LogP) is 1.47. The topological polar surface area (TPSA) is 60.2 Å². The van der Waals surface area contributed by atoms with Crippen LogP contribution in [0.4, 0.5) is 0 Å². The highest BCUT2D eigenvalue weighted by Crippen LogP contribution is 2.29. The van der Waals surface area contributed by atoms with Crippen LogP contribution in [0.5, 0.6) is 0 Å². The first kappa shape index (κ1) is 15.1. The van der Waals surface area contributed by atoms with Gasteiger partial charge < -0.3 is 10.5 Å². The van der Waals surface area contributed by atoms with Crippen LogP contribution in [0.1, 0.15) is 40.0 Å². The third kappa shape index (κ3) is 5.77. The van der Waals surface area contributed by atoms with Crippen molar-refractivity contribution >= 4 is 24.0 Å². The van der Waals surface area contributed by atoms with E-state index in [2.05, 4.69) is 0 Å². The zero-order valence-electron chi connectivity index (χ0n) is 8.42. The molecule has 1 aliphatic carbocycles. The van der Waals surface area contributed by atoms with Crippen molar-refractivity contribution in [3.8, 4) is 0 Å². The van der Waals surface area contributed by atoms with Gasteiger partial charge in [0.2, 0.25) is 0 Å². The summed E-state index contributed by atoms with van der Waals surface area (Å²) >= 11 is 0. The Balaban J connectivity index is 0.